The number of ether oxygens (including phenoxy) is 4. The number of carbonyl (C=O) groups excluding carboxylic acids is 3. The van der Waals surface area contributed by atoms with Crippen molar-refractivity contribution in [1.82, 2.24) is 0 Å². The summed E-state index contributed by atoms with van der Waals surface area (Å²) in [4.78, 5) is 37.6. The molecule has 0 saturated heterocycles. The van der Waals surface area contributed by atoms with Gasteiger partial charge in [0.1, 0.15) is 13.2 Å². The summed E-state index contributed by atoms with van der Waals surface area (Å²) in [5, 5.41) is 11.8. The molecule has 0 amide bonds. The lowest BCUT2D eigenvalue weighted by Gasteiger charge is -2.26. The van der Waals surface area contributed by atoms with E-state index < -0.39 is 24.3 Å². The zero-order chi connectivity index (χ0) is 64.7. The Labute approximate surface area is 549 Å². The van der Waals surface area contributed by atoms with Gasteiger partial charge in [0.2, 0.25) is 0 Å². The van der Waals surface area contributed by atoms with Crippen molar-refractivity contribution >= 4 is 17.9 Å². The summed E-state index contributed by atoms with van der Waals surface area (Å²) in [7, 11) is 5.93. The summed E-state index contributed by atoms with van der Waals surface area (Å²) in [6, 6.07) is 0. The molecule has 0 radical (unpaired) electrons. The fraction of sp³-hybridized carbons (Fsp3) is 0.738. The number of allylic oxidation sites excluding steroid dienone is 18. The van der Waals surface area contributed by atoms with Crippen LogP contribution in [0.15, 0.2) is 109 Å². The van der Waals surface area contributed by atoms with Gasteiger partial charge in [0.25, 0.3) is 0 Å². The van der Waals surface area contributed by atoms with Gasteiger partial charge in [0.15, 0.2) is 12.4 Å². The molecule has 0 aromatic rings. The maximum absolute atomic E-state index is 13.0. The van der Waals surface area contributed by atoms with Crippen LogP contribution in [0.3, 0.4) is 0 Å². The monoisotopic (exact) mass is 1240 g/mol. The largest absolute Gasteiger partial charge is 0.545 e. The maximum atomic E-state index is 13.0. The minimum Gasteiger partial charge on any atom is -0.545 e. The fourth-order valence-electron chi connectivity index (χ4n) is 10.4. The van der Waals surface area contributed by atoms with E-state index in [2.05, 4.69) is 123 Å². The van der Waals surface area contributed by atoms with Gasteiger partial charge in [-0.3, -0.25) is 9.59 Å². The molecule has 0 bridgehead atoms. The van der Waals surface area contributed by atoms with Crippen molar-refractivity contribution < 1.29 is 42.9 Å². The molecule has 0 aliphatic carbocycles. The number of carboxylic acid groups (broad SMARTS) is 1. The molecular formula is C80H139NO8. The van der Waals surface area contributed by atoms with Crippen LogP contribution in [0, 0.1) is 0 Å². The Morgan fingerprint density at radius 3 is 0.955 bits per heavy atom. The minimum absolute atomic E-state index is 0.144. The number of nitrogens with zero attached hydrogens (tertiary/aromatic N) is 1. The number of unbranched alkanes of at least 4 members (excludes halogenated alkanes) is 35. The van der Waals surface area contributed by atoms with Crippen molar-refractivity contribution in [3.8, 4) is 0 Å². The van der Waals surface area contributed by atoms with Crippen LogP contribution in [0.25, 0.3) is 0 Å². The SMILES string of the molecule is CC/C=C\C/C=C\C/C=C\C/C=C\C/C=C\C/C=C\C/C=C\CCCCCCCCCCCCCC(=O)OC(COC(=O)CCCCCCCCCCCCCCCCCCCCC/C=C\C/C=C\CCCCCCC)COC(OCC[N+](C)(C)C)C(=O)[O-]. The second kappa shape index (κ2) is 69.8. The summed E-state index contributed by atoms with van der Waals surface area (Å²) >= 11 is 0. The van der Waals surface area contributed by atoms with Gasteiger partial charge in [-0.2, -0.15) is 0 Å². The summed E-state index contributed by atoms with van der Waals surface area (Å²) in [5.74, 6) is -2.28. The van der Waals surface area contributed by atoms with Crippen molar-refractivity contribution in [3.05, 3.63) is 109 Å². The molecular weight excluding hydrogens is 1100 g/mol. The Morgan fingerprint density at radius 1 is 0.348 bits per heavy atom. The first-order chi connectivity index (χ1) is 43.6. The number of rotatable bonds is 68. The van der Waals surface area contributed by atoms with Crippen LogP contribution < -0.4 is 5.11 Å². The van der Waals surface area contributed by atoms with Crippen LogP contribution in [0.2, 0.25) is 0 Å². The van der Waals surface area contributed by atoms with Gasteiger partial charge in [-0.1, -0.05) is 316 Å². The van der Waals surface area contributed by atoms with Crippen LogP contribution >= 0.6 is 0 Å². The third-order valence-corrected chi connectivity index (χ3v) is 16.0. The predicted octanol–water partition coefficient (Wildman–Crippen LogP) is 22.0. The number of likely N-dealkylation sites (N-methyl/N-ethyl adjacent to an activating group) is 1. The van der Waals surface area contributed by atoms with Crippen LogP contribution in [-0.4, -0.2) is 82.3 Å². The van der Waals surface area contributed by atoms with Crippen molar-refractivity contribution in [3.63, 3.8) is 0 Å². The van der Waals surface area contributed by atoms with Crippen LogP contribution in [0.5, 0.6) is 0 Å². The van der Waals surface area contributed by atoms with E-state index in [4.69, 9.17) is 18.9 Å². The molecule has 89 heavy (non-hydrogen) atoms. The zero-order valence-electron chi connectivity index (χ0n) is 58.5. The molecule has 0 spiro atoms. The van der Waals surface area contributed by atoms with E-state index in [0.29, 0.717) is 23.9 Å². The molecule has 9 heteroatoms. The summed E-state index contributed by atoms with van der Waals surface area (Å²) in [5.41, 5.74) is 0. The van der Waals surface area contributed by atoms with Crippen molar-refractivity contribution in [2.24, 2.45) is 0 Å². The minimum atomic E-state index is -1.63. The van der Waals surface area contributed by atoms with Crippen LogP contribution in [-0.2, 0) is 33.3 Å². The Morgan fingerprint density at radius 2 is 0.640 bits per heavy atom. The van der Waals surface area contributed by atoms with Gasteiger partial charge < -0.3 is 33.3 Å². The van der Waals surface area contributed by atoms with E-state index in [9.17, 15) is 19.5 Å². The molecule has 9 nitrogen and oxygen atoms in total. The Hall–Kier alpha value is -4.05. The molecule has 0 aliphatic heterocycles. The summed E-state index contributed by atoms with van der Waals surface area (Å²) in [6.07, 6.45) is 94.6. The maximum Gasteiger partial charge on any atom is 0.306 e. The molecule has 0 rings (SSSR count). The highest BCUT2D eigenvalue weighted by molar-refractivity contribution is 5.70. The number of aliphatic carboxylic acids is 1. The van der Waals surface area contributed by atoms with Gasteiger partial charge in [0.05, 0.1) is 40.3 Å². The number of carboxylic acids is 1. The first-order valence-electron chi connectivity index (χ1n) is 37.0. The average molecular weight is 1240 g/mol. The van der Waals surface area contributed by atoms with Gasteiger partial charge in [-0.05, 0) is 103 Å². The third kappa shape index (κ3) is 71.3. The standard InChI is InChI=1S/C80H139NO8/c1-6-8-10-12-14-16-18-20-22-24-26-28-30-32-34-36-38-39-41-43-45-47-49-51-53-55-57-59-61-63-65-67-69-71-78(83)89-76(75-88-80(79(84)85)86-73-72-81(3,4)5)74-87-77(82)70-68-66-64-62-60-58-56-54-52-50-48-46-44-42-40-37-35-33-31-29-27-25-23-21-19-17-15-13-11-9-7-2/h8,10,14,16,19-22,25-28,32,34,38-39,43,45,76,80H,6-7,9,11-13,15,17-18,23-24,29-31,33,35-37,40-42,44,46-75H2,1-5H3/b10-8-,16-14-,21-19-,22-20-,27-25-,28-26-,34-32-,39-38-,45-43-. The highest BCUT2D eigenvalue weighted by Crippen LogP contribution is 2.18. The molecule has 0 heterocycles. The lowest BCUT2D eigenvalue weighted by Crippen LogP contribution is -2.44. The highest BCUT2D eigenvalue weighted by Gasteiger charge is 2.22. The molecule has 512 valence electrons. The van der Waals surface area contributed by atoms with Crippen molar-refractivity contribution in [2.45, 2.75) is 334 Å². The smallest absolute Gasteiger partial charge is 0.306 e. The number of hydrogen-bond acceptors (Lipinski definition) is 8. The number of esters is 2. The van der Waals surface area contributed by atoms with E-state index in [1.165, 1.54) is 193 Å². The number of quaternary nitrogens is 1. The van der Waals surface area contributed by atoms with Gasteiger partial charge in [0, 0.05) is 12.8 Å². The first kappa shape index (κ1) is 85.0. The lowest BCUT2D eigenvalue weighted by atomic mass is 10.0. The second-order valence-corrected chi connectivity index (χ2v) is 25.9. The van der Waals surface area contributed by atoms with Crippen molar-refractivity contribution in [2.75, 3.05) is 47.5 Å². The van der Waals surface area contributed by atoms with Gasteiger partial charge in [-0.25, -0.2) is 0 Å². The van der Waals surface area contributed by atoms with E-state index in [1.54, 1.807) is 0 Å². The predicted molar refractivity (Wildman–Crippen MR) is 380 cm³/mol. The molecule has 2 unspecified atom stereocenters. The molecule has 0 aromatic carbocycles. The van der Waals surface area contributed by atoms with Crippen LogP contribution in [0.1, 0.15) is 322 Å². The average Bonchev–Trinajstić information content (AvgIpc) is 3.64. The topological polar surface area (TPSA) is 111 Å². The van der Waals surface area contributed by atoms with E-state index >= 15 is 0 Å². The molecule has 2 atom stereocenters. The van der Waals surface area contributed by atoms with Crippen molar-refractivity contribution in [1.29, 1.82) is 0 Å². The highest BCUT2D eigenvalue weighted by atomic mass is 16.7. The summed E-state index contributed by atoms with van der Waals surface area (Å²) in [6.45, 7) is 4.65. The quantitative estimate of drug-likeness (QED) is 0.0195. The number of hydrogen-bond donors (Lipinski definition) is 0. The molecule has 0 fully saturated rings. The normalized spacial score (nSPS) is 13.3. The van der Waals surface area contributed by atoms with Gasteiger partial charge in [-0.15, -0.1) is 0 Å². The Bertz CT molecular complexity index is 1830. The van der Waals surface area contributed by atoms with Gasteiger partial charge >= 0.3 is 11.9 Å². The Balaban J connectivity index is 4.10. The number of carbonyl (C=O) groups is 3. The lowest BCUT2D eigenvalue weighted by molar-refractivity contribution is -0.870. The second-order valence-electron chi connectivity index (χ2n) is 25.9. The first-order valence-corrected chi connectivity index (χ1v) is 37.0. The molecule has 0 aromatic heterocycles. The molecule has 0 N–H and O–H groups in total. The molecule has 0 saturated carbocycles. The summed E-state index contributed by atoms with van der Waals surface area (Å²) < 4.78 is 22.8. The van der Waals surface area contributed by atoms with E-state index in [-0.39, 0.29) is 32.2 Å². The Kier molecular flexibility index (Phi) is 66.7. The fourth-order valence-corrected chi connectivity index (χ4v) is 10.4. The third-order valence-electron chi connectivity index (χ3n) is 16.0. The zero-order valence-corrected chi connectivity index (χ0v) is 58.5. The van der Waals surface area contributed by atoms with E-state index in [0.717, 1.165) is 96.3 Å². The molecule has 0 aliphatic rings. The van der Waals surface area contributed by atoms with Crippen LogP contribution in [0.4, 0.5) is 0 Å². The van der Waals surface area contributed by atoms with E-state index in [1.807, 2.05) is 21.1 Å².